The van der Waals surface area contributed by atoms with Gasteiger partial charge in [0, 0.05) is 37.3 Å². The van der Waals surface area contributed by atoms with E-state index in [0.29, 0.717) is 53.6 Å². The second-order valence-electron chi connectivity index (χ2n) is 7.94. The van der Waals surface area contributed by atoms with Crippen molar-refractivity contribution in [3.05, 3.63) is 74.6 Å². The molecule has 2 aliphatic rings. The summed E-state index contributed by atoms with van der Waals surface area (Å²) >= 11 is 6.09. The Morgan fingerprint density at radius 3 is 2.53 bits per heavy atom. The number of rotatable bonds is 5. The predicted molar refractivity (Wildman–Crippen MR) is 121 cm³/mol. The fourth-order valence-corrected chi connectivity index (χ4v) is 4.55. The van der Waals surface area contributed by atoms with Crippen molar-refractivity contribution < 1.29 is 18.7 Å². The summed E-state index contributed by atoms with van der Waals surface area (Å²) in [6.07, 6.45) is 0. The van der Waals surface area contributed by atoms with Crippen molar-refractivity contribution in [3.8, 4) is 5.75 Å². The lowest BCUT2D eigenvalue weighted by Crippen LogP contribution is -2.42. The van der Waals surface area contributed by atoms with Gasteiger partial charge in [-0.1, -0.05) is 23.7 Å². The SMILES string of the molecule is COc1ccc2c(=O)c3c(oc2c1)C(=O)N(CCN1CCOCC1)[C@H]3c1ccc(Cl)cc1. The molecule has 3 aromatic rings. The summed E-state index contributed by atoms with van der Waals surface area (Å²) in [4.78, 5) is 31.0. The molecule has 1 aromatic heterocycles. The van der Waals surface area contributed by atoms with E-state index in [-0.39, 0.29) is 17.1 Å². The van der Waals surface area contributed by atoms with Crippen LogP contribution in [0.1, 0.15) is 27.7 Å². The van der Waals surface area contributed by atoms with Gasteiger partial charge in [0.15, 0.2) is 5.43 Å². The number of carbonyl (C=O) groups excluding carboxylic acids is 1. The van der Waals surface area contributed by atoms with Crippen LogP contribution in [0.3, 0.4) is 0 Å². The number of morpholine rings is 1. The number of carbonyl (C=O) groups is 1. The number of methoxy groups -OCH3 is 1. The van der Waals surface area contributed by atoms with Gasteiger partial charge in [-0.3, -0.25) is 14.5 Å². The van der Waals surface area contributed by atoms with Crippen LogP contribution in [-0.4, -0.2) is 62.2 Å². The Bertz CT molecular complexity index is 1220. The fourth-order valence-electron chi connectivity index (χ4n) is 4.42. The van der Waals surface area contributed by atoms with Crippen molar-refractivity contribution in [2.45, 2.75) is 6.04 Å². The normalized spacial score (nSPS) is 18.9. The summed E-state index contributed by atoms with van der Waals surface area (Å²) in [6, 6.07) is 11.8. The van der Waals surface area contributed by atoms with E-state index in [1.165, 1.54) is 0 Å². The maximum atomic E-state index is 13.5. The number of amides is 1. The standard InChI is InChI=1S/C24H23ClN2O5/c1-30-17-6-7-18-19(14-17)32-23-20(22(18)28)21(15-2-4-16(25)5-3-15)27(24(23)29)9-8-26-10-12-31-13-11-26/h2-7,14,21H,8-13H2,1H3/t21-/m0/s1. The first-order valence-electron chi connectivity index (χ1n) is 10.6. The number of hydrogen-bond acceptors (Lipinski definition) is 6. The van der Waals surface area contributed by atoms with E-state index in [1.54, 1.807) is 42.3 Å². The van der Waals surface area contributed by atoms with Gasteiger partial charge in [-0.2, -0.15) is 0 Å². The first-order chi connectivity index (χ1) is 15.6. The molecule has 1 fully saturated rings. The molecule has 2 aliphatic heterocycles. The zero-order valence-corrected chi connectivity index (χ0v) is 18.4. The number of benzene rings is 2. The summed E-state index contributed by atoms with van der Waals surface area (Å²) in [5.41, 5.74) is 1.33. The zero-order valence-electron chi connectivity index (χ0n) is 17.7. The summed E-state index contributed by atoms with van der Waals surface area (Å²) in [5, 5.41) is 1.02. The van der Waals surface area contributed by atoms with Gasteiger partial charge in [0.2, 0.25) is 5.76 Å². The molecular formula is C24H23ClN2O5. The Balaban J connectivity index is 1.60. The molecule has 3 heterocycles. The van der Waals surface area contributed by atoms with E-state index in [4.69, 9.17) is 25.5 Å². The van der Waals surface area contributed by atoms with Gasteiger partial charge in [-0.15, -0.1) is 0 Å². The Labute approximate surface area is 190 Å². The highest BCUT2D eigenvalue weighted by Crippen LogP contribution is 2.38. The molecule has 0 aliphatic carbocycles. The highest BCUT2D eigenvalue weighted by Gasteiger charge is 2.42. The van der Waals surface area contributed by atoms with E-state index in [1.807, 2.05) is 12.1 Å². The van der Waals surface area contributed by atoms with Crippen LogP contribution in [0.15, 0.2) is 51.7 Å². The third-order valence-electron chi connectivity index (χ3n) is 6.12. The Hall–Kier alpha value is -2.87. The van der Waals surface area contributed by atoms with Gasteiger partial charge in [-0.05, 0) is 29.8 Å². The Morgan fingerprint density at radius 2 is 1.81 bits per heavy atom. The number of ether oxygens (including phenoxy) is 2. The van der Waals surface area contributed by atoms with Gasteiger partial charge < -0.3 is 18.8 Å². The van der Waals surface area contributed by atoms with Crippen molar-refractivity contribution in [2.75, 3.05) is 46.5 Å². The second kappa shape index (κ2) is 8.58. The summed E-state index contributed by atoms with van der Waals surface area (Å²) in [7, 11) is 1.54. The molecule has 0 radical (unpaired) electrons. The monoisotopic (exact) mass is 454 g/mol. The zero-order chi connectivity index (χ0) is 22.2. The van der Waals surface area contributed by atoms with Crippen LogP contribution >= 0.6 is 11.6 Å². The Kier molecular flexibility index (Phi) is 5.63. The van der Waals surface area contributed by atoms with Gasteiger partial charge in [-0.25, -0.2) is 0 Å². The van der Waals surface area contributed by atoms with Crippen molar-refractivity contribution in [1.82, 2.24) is 9.80 Å². The lowest BCUT2D eigenvalue weighted by molar-refractivity contribution is 0.0314. The molecule has 32 heavy (non-hydrogen) atoms. The molecule has 0 spiro atoms. The minimum Gasteiger partial charge on any atom is -0.497 e. The molecule has 1 amide bonds. The predicted octanol–water partition coefficient (Wildman–Crippen LogP) is 3.33. The van der Waals surface area contributed by atoms with E-state index in [0.717, 1.165) is 18.7 Å². The summed E-state index contributed by atoms with van der Waals surface area (Å²) in [6.45, 7) is 4.16. The molecular weight excluding hydrogens is 432 g/mol. The largest absolute Gasteiger partial charge is 0.497 e. The van der Waals surface area contributed by atoms with Gasteiger partial charge in [0.05, 0.1) is 37.3 Å². The number of nitrogens with zero attached hydrogens (tertiary/aromatic N) is 2. The molecule has 0 unspecified atom stereocenters. The molecule has 0 saturated carbocycles. The molecule has 0 N–H and O–H groups in total. The van der Waals surface area contributed by atoms with Gasteiger partial charge in [0.25, 0.3) is 5.91 Å². The number of fused-ring (bicyclic) bond motifs is 2. The lowest BCUT2D eigenvalue weighted by Gasteiger charge is -2.31. The first-order valence-corrected chi connectivity index (χ1v) is 11.0. The number of halogens is 1. The van der Waals surface area contributed by atoms with Crippen molar-refractivity contribution in [3.63, 3.8) is 0 Å². The third kappa shape index (κ3) is 3.66. The summed E-state index contributed by atoms with van der Waals surface area (Å²) < 4.78 is 16.7. The maximum Gasteiger partial charge on any atom is 0.290 e. The molecule has 5 rings (SSSR count). The molecule has 1 saturated heterocycles. The molecule has 0 bridgehead atoms. The molecule has 1 atom stereocenters. The lowest BCUT2D eigenvalue weighted by atomic mass is 9.98. The van der Waals surface area contributed by atoms with Crippen molar-refractivity contribution in [2.24, 2.45) is 0 Å². The average Bonchev–Trinajstić information content (AvgIpc) is 3.10. The van der Waals surface area contributed by atoms with Crippen LogP contribution in [-0.2, 0) is 4.74 Å². The van der Waals surface area contributed by atoms with Crippen LogP contribution in [0, 0.1) is 0 Å². The van der Waals surface area contributed by atoms with Crippen LogP contribution in [0.5, 0.6) is 5.75 Å². The van der Waals surface area contributed by atoms with Gasteiger partial charge in [0.1, 0.15) is 11.3 Å². The summed E-state index contributed by atoms with van der Waals surface area (Å²) in [5.74, 6) is 0.372. The van der Waals surface area contributed by atoms with Crippen LogP contribution in [0.2, 0.25) is 5.02 Å². The maximum absolute atomic E-state index is 13.5. The minimum atomic E-state index is -0.529. The van der Waals surface area contributed by atoms with E-state index < -0.39 is 6.04 Å². The fraction of sp³-hybridized carbons (Fsp3) is 0.333. The molecule has 7 nitrogen and oxygen atoms in total. The van der Waals surface area contributed by atoms with Crippen molar-refractivity contribution in [1.29, 1.82) is 0 Å². The van der Waals surface area contributed by atoms with E-state index >= 15 is 0 Å². The average molecular weight is 455 g/mol. The minimum absolute atomic E-state index is 0.0951. The molecule has 8 heteroatoms. The smallest absolute Gasteiger partial charge is 0.290 e. The van der Waals surface area contributed by atoms with Crippen LogP contribution in [0.25, 0.3) is 11.0 Å². The van der Waals surface area contributed by atoms with E-state index in [9.17, 15) is 9.59 Å². The molecule has 166 valence electrons. The van der Waals surface area contributed by atoms with E-state index in [2.05, 4.69) is 4.90 Å². The van der Waals surface area contributed by atoms with Gasteiger partial charge >= 0.3 is 0 Å². The highest BCUT2D eigenvalue weighted by atomic mass is 35.5. The third-order valence-corrected chi connectivity index (χ3v) is 6.37. The second-order valence-corrected chi connectivity index (χ2v) is 8.38. The first kappa shape index (κ1) is 21.0. The highest BCUT2D eigenvalue weighted by molar-refractivity contribution is 6.30. The molecule has 2 aromatic carbocycles. The Morgan fingerprint density at radius 1 is 1.06 bits per heavy atom. The van der Waals surface area contributed by atoms with Crippen molar-refractivity contribution >= 4 is 28.5 Å². The quantitative estimate of drug-likeness (QED) is 0.589. The van der Waals surface area contributed by atoms with Crippen LogP contribution in [0.4, 0.5) is 0 Å². The number of hydrogen-bond donors (Lipinski definition) is 0. The van der Waals surface area contributed by atoms with Crippen LogP contribution < -0.4 is 10.2 Å². The topological polar surface area (TPSA) is 72.2 Å².